The molecule has 3 aromatic rings. The van der Waals surface area contributed by atoms with Gasteiger partial charge < -0.3 is 29.7 Å². The van der Waals surface area contributed by atoms with Crippen molar-refractivity contribution in [2.75, 3.05) is 44.9 Å². The van der Waals surface area contributed by atoms with Crippen molar-refractivity contribution in [1.29, 1.82) is 0 Å². The number of nitrogens with zero attached hydrogens (tertiary/aromatic N) is 5. The van der Waals surface area contributed by atoms with Crippen molar-refractivity contribution in [1.82, 2.24) is 15.1 Å². The molecule has 0 radical (unpaired) electrons. The summed E-state index contributed by atoms with van der Waals surface area (Å²) in [6, 6.07) is 5.33. The van der Waals surface area contributed by atoms with Crippen molar-refractivity contribution in [3.05, 3.63) is 51.5 Å². The summed E-state index contributed by atoms with van der Waals surface area (Å²) < 4.78 is 16.4. The lowest BCUT2D eigenvalue weighted by Crippen LogP contribution is -2.25. The van der Waals surface area contributed by atoms with Crippen LogP contribution in [0.3, 0.4) is 0 Å². The molecule has 3 heterocycles. The minimum Gasteiger partial charge on any atom is -0.491 e. The molecule has 3 N–H and O–H groups in total. The van der Waals surface area contributed by atoms with Crippen molar-refractivity contribution in [2.24, 2.45) is 10.7 Å². The van der Waals surface area contributed by atoms with E-state index in [-0.39, 0.29) is 6.61 Å². The summed E-state index contributed by atoms with van der Waals surface area (Å²) in [5, 5.41) is 14.8. The topological polar surface area (TPSA) is 132 Å². The Hall–Kier alpha value is -3.47. The van der Waals surface area contributed by atoms with Crippen molar-refractivity contribution in [3.63, 3.8) is 0 Å². The molecule has 11 heteroatoms. The molecule has 1 aromatic carbocycles. The maximum atomic E-state index is 10.1. The van der Waals surface area contributed by atoms with Gasteiger partial charge in [0.15, 0.2) is 5.82 Å². The van der Waals surface area contributed by atoms with Gasteiger partial charge in [-0.2, -0.15) is 0 Å². The molecule has 1 aliphatic heterocycles. The lowest BCUT2D eigenvalue weighted by molar-refractivity contribution is 0.0994. The highest BCUT2D eigenvalue weighted by Crippen LogP contribution is 2.38. The summed E-state index contributed by atoms with van der Waals surface area (Å²) in [4.78, 5) is 16.5. The maximum Gasteiger partial charge on any atom is 0.163 e. The number of ether oxygens (including phenoxy) is 2. The summed E-state index contributed by atoms with van der Waals surface area (Å²) in [5.41, 5.74) is 11.8. The Morgan fingerprint density at radius 1 is 1.25 bits per heavy atom. The van der Waals surface area contributed by atoms with Crippen molar-refractivity contribution in [3.8, 4) is 28.4 Å². The number of nitrogens with two attached hydrogens (primary N) is 1. The van der Waals surface area contributed by atoms with Gasteiger partial charge in [0.2, 0.25) is 0 Å². The van der Waals surface area contributed by atoms with E-state index < -0.39 is 6.10 Å². The predicted molar refractivity (Wildman–Crippen MR) is 157 cm³/mol. The van der Waals surface area contributed by atoms with Gasteiger partial charge in [0.05, 0.1) is 47.8 Å². The van der Waals surface area contributed by atoms with E-state index in [2.05, 4.69) is 15.0 Å². The number of aliphatic hydroxyl groups is 1. The molecule has 40 heavy (non-hydrogen) atoms. The average molecular weight is 569 g/mol. The predicted octanol–water partition coefficient (Wildman–Crippen LogP) is 4.67. The van der Waals surface area contributed by atoms with E-state index in [1.54, 1.807) is 25.3 Å². The highest BCUT2D eigenvalue weighted by Gasteiger charge is 2.27. The molecular formula is C29H37ClN6O4. The summed E-state index contributed by atoms with van der Waals surface area (Å²) in [6.45, 7) is 10.1. The normalized spacial score (nSPS) is 14.5. The number of anilines is 1. The number of rotatable bonds is 12. The van der Waals surface area contributed by atoms with Crippen LogP contribution in [0.1, 0.15) is 36.8 Å². The third kappa shape index (κ3) is 6.63. The van der Waals surface area contributed by atoms with E-state index >= 15 is 0 Å². The molecule has 214 valence electrons. The van der Waals surface area contributed by atoms with Gasteiger partial charge in [0.1, 0.15) is 23.9 Å². The fourth-order valence-corrected chi connectivity index (χ4v) is 4.84. The van der Waals surface area contributed by atoms with Crippen LogP contribution in [0.2, 0.25) is 5.02 Å². The van der Waals surface area contributed by atoms with Crippen LogP contribution in [0.25, 0.3) is 22.6 Å². The molecule has 0 spiro atoms. The fraction of sp³-hybridized carbons (Fsp3) is 0.448. The van der Waals surface area contributed by atoms with Crippen LogP contribution in [0.4, 0.5) is 5.82 Å². The number of halogens is 1. The largest absolute Gasteiger partial charge is 0.491 e. The van der Waals surface area contributed by atoms with Crippen LogP contribution < -0.4 is 15.4 Å². The molecule has 2 aromatic heterocycles. The molecule has 0 saturated carbocycles. The second-order valence-corrected chi connectivity index (χ2v) is 10.3. The van der Waals surface area contributed by atoms with E-state index in [1.807, 2.05) is 33.9 Å². The number of aromatic nitrogens is 3. The molecule has 0 saturated heterocycles. The standard InChI is InChI=1S/C29H37ClN6O4/c1-6-7-21(37)16-39-22-8-9-24(30)23(12-22)28-33-27(26-18(3)35-40-19(26)4)17(2)29(34-28)36-14-20(25(31)15-36)13-32-10-11-38-5/h8-9,12-13,21,37H,6-7,10-11,14-16,31H2,1-5H3/t21-/m1/s1. The summed E-state index contributed by atoms with van der Waals surface area (Å²) in [6.07, 6.45) is 2.80. The first kappa shape index (κ1) is 29.5. The van der Waals surface area contributed by atoms with Crippen molar-refractivity contribution >= 4 is 23.6 Å². The SMILES string of the molecule is CCC[C@@H](O)COc1ccc(Cl)c(-c2nc(-c3c(C)noc3C)c(C)c(N3CC(N)=C(C=NCCOC)C3)n2)c1. The van der Waals surface area contributed by atoms with E-state index in [0.29, 0.717) is 66.3 Å². The highest BCUT2D eigenvalue weighted by atomic mass is 35.5. The molecule has 10 nitrogen and oxygen atoms in total. The van der Waals surface area contributed by atoms with Gasteiger partial charge in [-0.05, 0) is 45.4 Å². The molecule has 0 amide bonds. The smallest absolute Gasteiger partial charge is 0.163 e. The molecule has 0 unspecified atom stereocenters. The lowest BCUT2D eigenvalue weighted by Gasteiger charge is -2.22. The first-order valence-electron chi connectivity index (χ1n) is 13.4. The molecule has 4 rings (SSSR count). The van der Waals surface area contributed by atoms with E-state index in [0.717, 1.165) is 40.3 Å². The van der Waals surface area contributed by atoms with Gasteiger partial charge in [0.25, 0.3) is 0 Å². The Balaban J connectivity index is 1.75. The fourth-order valence-electron chi connectivity index (χ4n) is 4.63. The first-order chi connectivity index (χ1) is 19.2. The number of hydrogen-bond acceptors (Lipinski definition) is 10. The van der Waals surface area contributed by atoms with E-state index in [4.69, 9.17) is 41.3 Å². The number of benzene rings is 1. The molecule has 1 atom stereocenters. The Kier molecular flexibility index (Phi) is 9.78. The number of aliphatic imine (C=N–C) groups is 1. The van der Waals surface area contributed by atoms with Crippen LogP contribution in [0.5, 0.6) is 5.75 Å². The first-order valence-corrected chi connectivity index (χ1v) is 13.7. The highest BCUT2D eigenvalue weighted by molar-refractivity contribution is 6.33. The number of aliphatic hydroxyl groups excluding tert-OH is 1. The monoisotopic (exact) mass is 568 g/mol. The number of methoxy groups -OCH3 is 1. The van der Waals surface area contributed by atoms with E-state index in [1.165, 1.54) is 0 Å². The maximum absolute atomic E-state index is 10.1. The molecule has 0 bridgehead atoms. The Bertz CT molecular complexity index is 1380. The van der Waals surface area contributed by atoms with Gasteiger partial charge >= 0.3 is 0 Å². The van der Waals surface area contributed by atoms with Crippen LogP contribution in [0, 0.1) is 20.8 Å². The van der Waals surface area contributed by atoms with Crippen LogP contribution in [-0.4, -0.2) is 72.5 Å². The molecule has 0 fully saturated rings. The van der Waals surface area contributed by atoms with E-state index in [9.17, 15) is 5.11 Å². The number of hydrogen-bond donors (Lipinski definition) is 2. The van der Waals surface area contributed by atoms with Crippen molar-refractivity contribution < 1.29 is 19.1 Å². The minimum absolute atomic E-state index is 0.187. The second kappa shape index (κ2) is 13.3. The van der Waals surface area contributed by atoms with Gasteiger partial charge in [-0.15, -0.1) is 0 Å². The van der Waals surface area contributed by atoms with Crippen LogP contribution >= 0.6 is 11.6 Å². The van der Waals surface area contributed by atoms with Crippen LogP contribution in [-0.2, 0) is 4.74 Å². The summed E-state index contributed by atoms with van der Waals surface area (Å²) >= 11 is 6.68. The summed E-state index contributed by atoms with van der Waals surface area (Å²) in [5.74, 6) is 2.39. The van der Waals surface area contributed by atoms with Gasteiger partial charge in [0, 0.05) is 42.3 Å². The zero-order valence-corrected chi connectivity index (χ0v) is 24.5. The van der Waals surface area contributed by atoms with Gasteiger partial charge in [-0.1, -0.05) is 30.1 Å². The third-order valence-corrected chi connectivity index (χ3v) is 7.07. The molecular weight excluding hydrogens is 532 g/mol. The van der Waals surface area contributed by atoms with Crippen LogP contribution in [0.15, 0.2) is 39.0 Å². The summed E-state index contributed by atoms with van der Waals surface area (Å²) in [7, 11) is 1.65. The van der Waals surface area contributed by atoms with Gasteiger partial charge in [-0.25, -0.2) is 9.97 Å². The minimum atomic E-state index is -0.544. The third-order valence-electron chi connectivity index (χ3n) is 6.74. The Morgan fingerprint density at radius 2 is 2.05 bits per heavy atom. The molecule has 0 aliphatic carbocycles. The van der Waals surface area contributed by atoms with Crippen molar-refractivity contribution in [2.45, 2.75) is 46.6 Å². The molecule has 1 aliphatic rings. The zero-order chi connectivity index (χ0) is 28.8. The Morgan fingerprint density at radius 3 is 2.75 bits per heavy atom. The average Bonchev–Trinajstić information content (AvgIpc) is 3.47. The quantitative estimate of drug-likeness (QED) is 0.236. The number of aryl methyl sites for hydroxylation is 2. The lowest BCUT2D eigenvalue weighted by atomic mass is 10.0. The Labute approximate surface area is 239 Å². The zero-order valence-electron chi connectivity index (χ0n) is 23.7. The second-order valence-electron chi connectivity index (χ2n) is 9.87. The van der Waals surface area contributed by atoms with Gasteiger partial charge in [-0.3, -0.25) is 4.99 Å².